The van der Waals surface area contributed by atoms with Crippen LogP contribution in [0.15, 0.2) is 84.9 Å². The highest BCUT2D eigenvalue weighted by Crippen LogP contribution is 2.36. The van der Waals surface area contributed by atoms with Gasteiger partial charge in [0, 0.05) is 29.4 Å². The minimum atomic E-state index is -0.467. The molecule has 36 heavy (non-hydrogen) atoms. The first kappa shape index (κ1) is 23.7. The summed E-state index contributed by atoms with van der Waals surface area (Å²) in [5.41, 5.74) is 4.00. The normalized spacial score (nSPS) is 15.4. The van der Waals surface area contributed by atoms with Crippen LogP contribution in [0.25, 0.3) is 22.2 Å². The average Bonchev–Trinajstić information content (AvgIpc) is 3.35. The van der Waals surface area contributed by atoms with E-state index in [2.05, 4.69) is 6.19 Å². The minimum absolute atomic E-state index is 0.141. The van der Waals surface area contributed by atoms with E-state index in [0.29, 0.717) is 40.8 Å². The number of benzene rings is 3. The molecule has 1 aliphatic rings. The van der Waals surface area contributed by atoms with Crippen LogP contribution in [0.2, 0.25) is 0 Å². The summed E-state index contributed by atoms with van der Waals surface area (Å²) in [6.45, 7) is 3.01. The quantitative estimate of drug-likeness (QED) is 0.144. The molecule has 0 saturated carbocycles. The molecule has 1 amide bonds. The summed E-state index contributed by atoms with van der Waals surface area (Å²) in [5.74, 6) is -0.412. The number of fused-ring (bicyclic) bond motifs is 1. The fraction of sp³-hybridized carbons (Fsp3) is 0.233. The van der Waals surface area contributed by atoms with Gasteiger partial charge in [-0.1, -0.05) is 78.9 Å². The Balaban J connectivity index is 1.74. The second-order valence-corrected chi connectivity index (χ2v) is 9.43. The molecule has 180 valence electrons. The van der Waals surface area contributed by atoms with Gasteiger partial charge in [0.05, 0.1) is 35.9 Å². The molecule has 0 spiro atoms. The van der Waals surface area contributed by atoms with Crippen LogP contribution < -0.4 is 0 Å². The van der Waals surface area contributed by atoms with Crippen molar-refractivity contribution in [3.8, 4) is 17.5 Å². The number of nitriles is 1. The zero-order valence-corrected chi connectivity index (χ0v) is 20.3. The molecule has 3 aromatic carbocycles. The number of aromatic nitrogens is 1. The third kappa shape index (κ3) is 4.47. The van der Waals surface area contributed by atoms with Gasteiger partial charge in [-0.25, -0.2) is 9.88 Å². The number of pyridine rings is 1. The first-order valence-corrected chi connectivity index (χ1v) is 12.3. The van der Waals surface area contributed by atoms with Crippen LogP contribution in [-0.4, -0.2) is 33.5 Å². The molecule has 5 rings (SSSR count). The topological polar surface area (TPSA) is 80.0 Å². The van der Waals surface area contributed by atoms with Crippen molar-refractivity contribution in [3.05, 3.63) is 107 Å². The summed E-state index contributed by atoms with van der Waals surface area (Å²) in [5, 5.41) is 24.5. The maximum atomic E-state index is 14.3. The van der Waals surface area contributed by atoms with Gasteiger partial charge in [-0.3, -0.25) is 4.79 Å². The van der Waals surface area contributed by atoms with Gasteiger partial charge in [-0.15, -0.1) is 0 Å². The molecule has 4 aromatic rings. The Bertz CT molecular complexity index is 1420. The van der Waals surface area contributed by atoms with Gasteiger partial charge in [0.2, 0.25) is 0 Å². The molecule has 1 fully saturated rings. The molecule has 0 bridgehead atoms. The van der Waals surface area contributed by atoms with E-state index in [0.717, 1.165) is 24.0 Å². The molecule has 1 unspecified atom stereocenters. The molecule has 0 N–H and O–H groups in total. The molecule has 6 heteroatoms. The lowest BCUT2D eigenvalue weighted by Crippen LogP contribution is -2.39. The molecular weight excluding hydrogens is 448 g/mol. The molecule has 2 heterocycles. The Morgan fingerprint density at radius 2 is 1.61 bits per heavy atom. The number of hydrogen-bond acceptors (Lipinski definition) is 4. The summed E-state index contributed by atoms with van der Waals surface area (Å²) < 4.78 is -0.388. The number of nitrogens with zero attached hydrogens (tertiary/aromatic N) is 4. The molecule has 1 saturated heterocycles. The van der Waals surface area contributed by atoms with Crippen molar-refractivity contribution in [2.45, 2.75) is 32.4 Å². The van der Waals surface area contributed by atoms with Gasteiger partial charge in [0.1, 0.15) is 6.54 Å². The first-order valence-electron chi connectivity index (χ1n) is 12.3. The predicted octanol–water partition coefficient (Wildman–Crippen LogP) is 6.19. The van der Waals surface area contributed by atoms with Gasteiger partial charge >= 0.3 is 0 Å². The zero-order chi connectivity index (χ0) is 25.1. The highest BCUT2D eigenvalue weighted by atomic mass is 16.5. The van der Waals surface area contributed by atoms with Crippen LogP contribution in [-0.2, 0) is 6.54 Å². The van der Waals surface area contributed by atoms with Gasteiger partial charge in [0.15, 0.2) is 6.19 Å². The number of quaternary nitrogens is 1. The van der Waals surface area contributed by atoms with E-state index in [4.69, 9.17) is 4.98 Å². The van der Waals surface area contributed by atoms with Crippen LogP contribution in [0.3, 0.4) is 0 Å². The Kier molecular flexibility index (Phi) is 6.51. The van der Waals surface area contributed by atoms with Crippen LogP contribution in [0.4, 0.5) is 0 Å². The standard InChI is InChI=1S/C30H28N4O2/c1-22(23-12-4-2-5-13-23)33(21-31)30(35)28-25-16-8-9-17-27(25)32-29(24-14-6-3-7-15-24)26(28)20-34(36)18-10-11-19-34/h2-9,12-17,22H,10-11,18-20H2,1H3. The Labute approximate surface area is 211 Å². The lowest BCUT2D eigenvalue weighted by atomic mass is 9.94. The second-order valence-electron chi connectivity index (χ2n) is 9.43. The Hall–Kier alpha value is -4.05. The molecule has 6 nitrogen and oxygen atoms in total. The highest BCUT2D eigenvalue weighted by Gasteiger charge is 2.33. The third-order valence-electron chi connectivity index (χ3n) is 7.08. The number of hydroxylamine groups is 3. The maximum absolute atomic E-state index is 14.3. The van der Waals surface area contributed by atoms with Crippen molar-refractivity contribution in [1.82, 2.24) is 9.88 Å². The fourth-order valence-corrected chi connectivity index (χ4v) is 5.15. The zero-order valence-electron chi connectivity index (χ0n) is 20.3. The van der Waals surface area contributed by atoms with E-state index in [1.165, 1.54) is 4.90 Å². The largest absolute Gasteiger partial charge is 0.633 e. The molecule has 1 aromatic heterocycles. The molecular formula is C30H28N4O2. The first-order chi connectivity index (χ1) is 17.5. The highest BCUT2D eigenvalue weighted by molar-refractivity contribution is 6.09. The molecule has 0 aliphatic carbocycles. The van der Waals surface area contributed by atoms with Crippen molar-refractivity contribution < 1.29 is 9.44 Å². The van der Waals surface area contributed by atoms with E-state index < -0.39 is 11.9 Å². The number of hydrogen-bond donors (Lipinski definition) is 0. The Morgan fingerprint density at radius 3 is 2.28 bits per heavy atom. The summed E-state index contributed by atoms with van der Waals surface area (Å²) >= 11 is 0. The predicted molar refractivity (Wildman–Crippen MR) is 140 cm³/mol. The number of likely N-dealkylation sites (tertiary alicyclic amines) is 1. The maximum Gasteiger partial charge on any atom is 0.268 e. The summed E-state index contributed by atoms with van der Waals surface area (Å²) in [7, 11) is 0. The summed E-state index contributed by atoms with van der Waals surface area (Å²) in [6, 6.07) is 26.2. The number of para-hydroxylation sites is 1. The van der Waals surface area contributed by atoms with E-state index in [1.807, 2.05) is 91.9 Å². The van der Waals surface area contributed by atoms with Crippen LogP contribution in [0, 0.1) is 16.7 Å². The molecule has 0 radical (unpaired) electrons. The van der Waals surface area contributed by atoms with E-state index in [9.17, 15) is 15.3 Å². The molecule has 1 aliphatic heterocycles. The monoisotopic (exact) mass is 476 g/mol. The van der Waals surface area contributed by atoms with Gasteiger partial charge in [-0.05, 0) is 18.6 Å². The number of amides is 1. The van der Waals surface area contributed by atoms with E-state index in [-0.39, 0.29) is 11.2 Å². The lowest BCUT2D eigenvalue weighted by Gasteiger charge is -2.39. The van der Waals surface area contributed by atoms with E-state index in [1.54, 1.807) is 0 Å². The lowest BCUT2D eigenvalue weighted by molar-refractivity contribution is -0.881. The number of carbonyl (C=O) groups is 1. The third-order valence-corrected chi connectivity index (χ3v) is 7.08. The smallest absolute Gasteiger partial charge is 0.268 e. The molecule has 1 atom stereocenters. The second kappa shape index (κ2) is 9.90. The minimum Gasteiger partial charge on any atom is -0.633 e. The Morgan fingerprint density at radius 1 is 1.00 bits per heavy atom. The van der Waals surface area contributed by atoms with Gasteiger partial charge in [-0.2, -0.15) is 5.26 Å². The fourth-order valence-electron chi connectivity index (χ4n) is 5.15. The van der Waals surface area contributed by atoms with Gasteiger partial charge in [0.25, 0.3) is 5.91 Å². The van der Waals surface area contributed by atoms with Crippen molar-refractivity contribution in [3.63, 3.8) is 0 Å². The van der Waals surface area contributed by atoms with Crippen molar-refractivity contribution in [1.29, 1.82) is 5.26 Å². The van der Waals surface area contributed by atoms with Crippen LogP contribution >= 0.6 is 0 Å². The van der Waals surface area contributed by atoms with Crippen LogP contribution in [0.1, 0.15) is 47.3 Å². The van der Waals surface area contributed by atoms with Crippen molar-refractivity contribution in [2.75, 3.05) is 13.1 Å². The van der Waals surface area contributed by atoms with Crippen molar-refractivity contribution in [2.24, 2.45) is 0 Å². The van der Waals surface area contributed by atoms with Crippen LogP contribution in [0.5, 0.6) is 0 Å². The van der Waals surface area contributed by atoms with Crippen molar-refractivity contribution >= 4 is 16.8 Å². The number of rotatable bonds is 6. The van der Waals surface area contributed by atoms with Gasteiger partial charge < -0.3 is 9.85 Å². The summed E-state index contributed by atoms with van der Waals surface area (Å²) in [6.07, 6.45) is 3.86. The average molecular weight is 477 g/mol. The SMILES string of the molecule is CC(c1ccccc1)N(C#N)C(=O)c1c(C[N+]2([O-])CCCC2)c(-c2ccccc2)nc2ccccc12. The summed E-state index contributed by atoms with van der Waals surface area (Å²) in [4.78, 5) is 20.4. The van der Waals surface area contributed by atoms with E-state index >= 15 is 0 Å². The number of carbonyl (C=O) groups excluding carboxylic acids is 1.